The second-order valence-corrected chi connectivity index (χ2v) is 5.82. The fraction of sp³-hybridized carbons (Fsp3) is 0.500. The van der Waals surface area contributed by atoms with Crippen LogP contribution in [-0.2, 0) is 0 Å². The molecule has 2 rings (SSSR count). The Morgan fingerprint density at radius 1 is 1.29 bits per heavy atom. The summed E-state index contributed by atoms with van der Waals surface area (Å²) in [5.74, 6) is -0.636. The third-order valence-corrected chi connectivity index (χ3v) is 3.75. The number of likely N-dealkylation sites (tertiary alicyclic amines) is 1. The van der Waals surface area contributed by atoms with Crippen LogP contribution in [-0.4, -0.2) is 41.1 Å². The Bertz CT molecular complexity index is 511. The highest BCUT2D eigenvalue weighted by atomic mass is 16.4. The minimum absolute atomic E-state index is 0.0168. The van der Waals surface area contributed by atoms with E-state index in [0.717, 1.165) is 24.9 Å². The van der Waals surface area contributed by atoms with Gasteiger partial charge in [0, 0.05) is 25.0 Å². The highest BCUT2D eigenvalue weighted by Gasteiger charge is 2.25. The minimum Gasteiger partial charge on any atom is -0.478 e. The molecule has 5 nitrogen and oxygen atoms in total. The molecule has 1 saturated heterocycles. The fourth-order valence-electron chi connectivity index (χ4n) is 2.67. The smallest absolute Gasteiger partial charge is 0.335 e. The molecule has 2 amide bonds. The second-order valence-electron chi connectivity index (χ2n) is 5.82. The van der Waals surface area contributed by atoms with Gasteiger partial charge in [-0.05, 0) is 44.4 Å². The van der Waals surface area contributed by atoms with Crippen LogP contribution in [0.1, 0.15) is 48.5 Å². The lowest BCUT2D eigenvalue weighted by Gasteiger charge is -2.33. The van der Waals surface area contributed by atoms with E-state index in [1.165, 1.54) is 0 Å². The van der Waals surface area contributed by atoms with E-state index < -0.39 is 5.97 Å². The first kappa shape index (κ1) is 15.4. The Morgan fingerprint density at radius 3 is 2.52 bits per heavy atom. The number of nitrogens with one attached hydrogen (secondary N) is 1. The number of aromatic carboxylic acids is 1. The standard InChI is InChI=1S/C16H22N2O3/c1-11(2)17-16(21)18-9-3-4-14(10-18)12-5-7-13(8-6-12)15(19)20/h5-8,11,14H,3-4,9-10H2,1-2H3,(H,17,21)(H,19,20)/t14-/m0/s1. The van der Waals surface area contributed by atoms with E-state index in [1.807, 2.05) is 30.9 Å². The Labute approximate surface area is 125 Å². The normalized spacial score (nSPS) is 18.6. The maximum absolute atomic E-state index is 12.1. The van der Waals surface area contributed by atoms with E-state index in [2.05, 4.69) is 5.32 Å². The molecule has 0 unspecified atom stereocenters. The van der Waals surface area contributed by atoms with Crippen LogP contribution in [0.15, 0.2) is 24.3 Å². The van der Waals surface area contributed by atoms with Gasteiger partial charge in [0.05, 0.1) is 5.56 Å². The zero-order valence-electron chi connectivity index (χ0n) is 12.5. The molecule has 1 fully saturated rings. The van der Waals surface area contributed by atoms with Crippen LogP contribution in [0, 0.1) is 0 Å². The molecule has 1 aliphatic heterocycles. The number of carbonyl (C=O) groups excluding carboxylic acids is 1. The average molecular weight is 290 g/mol. The summed E-state index contributed by atoms with van der Waals surface area (Å²) >= 11 is 0. The first-order valence-electron chi connectivity index (χ1n) is 7.36. The van der Waals surface area contributed by atoms with E-state index in [9.17, 15) is 9.59 Å². The van der Waals surface area contributed by atoms with Crippen molar-refractivity contribution in [2.75, 3.05) is 13.1 Å². The number of amides is 2. The zero-order valence-corrected chi connectivity index (χ0v) is 12.5. The molecule has 1 aromatic rings. The summed E-state index contributed by atoms with van der Waals surface area (Å²) < 4.78 is 0. The molecule has 0 aliphatic carbocycles. The van der Waals surface area contributed by atoms with Crippen LogP contribution < -0.4 is 5.32 Å². The maximum Gasteiger partial charge on any atom is 0.335 e. The molecular weight excluding hydrogens is 268 g/mol. The van der Waals surface area contributed by atoms with Gasteiger partial charge in [-0.25, -0.2) is 9.59 Å². The third-order valence-electron chi connectivity index (χ3n) is 3.75. The molecular formula is C16H22N2O3. The molecule has 1 aliphatic rings. The van der Waals surface area contributed by atoms with E-state index in [-0.39, 0.29) is 18.0 Å². The van der Waals surface area contributed by atoms with Crippen LogP contribution in [0.4, 0.5) is 4.79 Å². The largest absolute Gasteiger partial charge is 0.478 e. The van der Waals surface area contributed by atoms with Gasteiger partial charge in [0.25, 0.3) is 0 Å². The number of rotatable bonds is 3. The molecule has 1 atom stereocenters. The number of benzene rings is 1. The molecule has 2 N–H and O–H groups in total. The number of carboxylic acid groups (broad SMARTS) is 1. The van der Waals surface area contributed by atoms with Crippen molar-refractivity contribution in [3.63, 3.8) is 0 Å². The highest BCUT2D eigenvalue weighted by Crippen LogP contribution is 2.27. The SMILES string of the molecule is CC(C)NC(=O)N1CCC[C@H](c2ccc(C(=O)O)cc2)C1. The van der Waals surface area contributed by atoms with E-state index in [1.54, 1.807) is 12.1 Å². The molecule has 0 radical (unpaired) electrons. The van der Waals surface area contributed by atoms with Gasteiger partial charge in [0.1, 0.15) is 0 Å². The Kier molecular flexibility index (Phi) is 4.83. The molecule has 21 heavy (non-hydrogen) atoms. The number of nitrogens with zero attached hydrogens (tertiary/aromatic N) is 1. The lowest BCUT2D eigenvalue weighted by Crippen LogP contribution is -2.46. The number of carbonyl (C=O) groups is 2. The van der Waals surface area contributed by atoms with Gasteiger partial charge in [-0.2, -0.15) is 0 Å². The second kappa shape index (κ2) is 6.61. The summed E-state index contributed by atoms with van der Waals surface area (Å²) in [6.07, 6.45) is 1.99. The minimum atomic E-state index is -0.914. The van der Waals surface area contributed by atoms with Crippen LogP contribution in [0.5, 0.6) is 0 Å². The van der Waals surface area contributed by atoms with Crippen LogP contribution in [0.2, 0.25) is 0 Å². The van der Waals surface area contributed by atoms with Gasteiger partial charge in [-0.15, -0.1) is 0 Å². The Balaban J connectivity index is 2.03. The lowest BCUT2D eigenvalue weighted by molar-refractivity contribution is 0.0697. The lowest BCUT2D eigenvalue weighted by atomic mass is 9.90. The molecule has 114 valence electrons. The van der Waals surface area contributed by atoms with Crippen molar-refractivity contribution < 1.29 is 14.7 Å². The van der Waals surface area contributed by atoms with Gasteiger partial charge < -0.3 is 15.3 Å². The van der Waals surface area contributed by atoms with Crippen molar-refractivity contribution in [3.05, 3.63) is 35.4 Å². The molecule has 1 heterocycles. The summed E-state index contributed by atoms with van der Waals surface area (Å²) in [5, 5.41) is 11.8. The third kappa shape index (κ3) is 3.97. The van der Waals surface area contributed by atoms with Gasteiger partial charge in [0.15, 0.2) is 0 Å². The van der Waals surface area contributed by atoms with Crippen molar-refractivity contribution >= 4 is 12.0 Å². The van der Waals surface area contributed by atoms with E-state index >= 15 is 0 Å². The van der Waals surface area contributed by atoms with Crippen LogP contribution >= 0.6 is 0 Å². The Morgan fingerprint density at radius 2 is 1.95 bits per heavy atom. The number of carboxylic acids is 1. The van der Waals surface area contributed by atoms with Crippen LogP contribution in [0.3, 0.4) is 0 Å². The van der Waals surface area contributed by atoms with Gasteiger partial charge in [-0.3, -0.25) is 0 Å². The van der Waals surface area contributed by atoms with Gasteiger partial charge in [0.2, 0.25) is 0 Å². The fourth-order valence-corrected chi connectivity index (χ4v) is 2.67. The molecule has 5 heteroatoms. The summed E-state index contributed by atoms with van der Waals surface area (Å²) in [6.45, 7) is 5.36. The van der Waals surface area contributed by atoms with E-state index in [4.69, 9.17) is 5.11 Å². The average Bonchev–Trinajstić information content (AvgIpc) is 2.47. The number of piperidine rings is 1. The first-order valence-corrected chi connectivity index (χ1v) is 7.36. The Hall–Kier alpha value is -2.04. The topological polar surface area (TPSA) is 69.6 Å². The monoisotopic (exact) mass is 290 g/mol. The number of urea groups is 1. The molecule has 1 aromatic carbocycles. The van der Waals surface area contributed by atoms with Crippen molar-refractivity contribution in [1.29, 1.82) is 0 Å². The summed E-state index contributed by atoms with van der Waals surface area (Å²) in [4.78, 5) is 24.8. The van der Waals surface area contributed by atoms with Gasteiger partial charge in [-0.1, -0.05) is 12.1 Å². The number of hydrogen-bond acceptors (Lipinski definition) is 2. The van der Waals surface area contributed by atoms with Crippen molar-refractivity contribution in [1.82, 2.24) is 10.2 Å². The predicted octanol–water partition coefficient (Wildman–Crippen LogP) is 2.68. The number of hydrogen-bond donors (Lipinski definition) is 2. The molecule has 0 bridgehead atoms. The summed E-state index contributed by atoms with van der Waals surface area (Å²) in [6, 6.07) is 7.09. The first-order chi connectivity index (χ1) is 9.97. The van der Waals surface area contributed by atoms with Gasteiger partial charge >= 0.3 is 12.0 Å². The zero-order chi connectivity index (χ0) is 15.4. The quantitative estimate of drug-likeness (QED) is 0.899. The van der Waals surface area contributed by atoms with Crippen LogP contribution in [0.25, 0.3) is 0 Å². The maximum atomic E-state index is 12.1. The molecule has 0 spiro atoms. The summed E-state index contributed by atoms with van der Waals surface area (Å²) in [5.41, 5.74) is 1.39. The summed E-state index contributed by atoms with van der Waals surface area (Å²) in [7, 11) is 0. The van der Waals surface area contributed by atoms with E-state index in [0.29, 0.717) is 12.1 Å². The molecule has 0 saturated carbocycles. The molecule has 0 aromatic heterocycles. The highest BCUT2D eigenvalue weighted by molar-refractivity contribution is 5.87. The van der Waals surface area contributed by atoms with Crippen molar-refractivity contribution in [3.8, 4) is 0 Å². The van der Waals surface area contributed by atoms with Crippen molar-refractivity contribution in [2.45, 2.75) is 38.6 Å². The van der Waals surface area contributed by atoms with Crippen molar-refractivity contribution in [2.24, 2.45) is 0 Å². The predicted molar refractivity (Wildman–Crippen MR) is 80.6 cm³/mol.